The summed E-state index contributed by atoms with van der Waals surface area (Å²) in [5.41, 5.74) is 10.7. The minimum Gasteiger partial charge on any atom is -0.490 e. The van der Waals surface area contributed by atoms with Crippen LogP contribution in [0.1, 0.15) is 143 Å². The van der Waals surface area contributed by atoms with Crippen molar-refractivity contribution in [2.24, 2.45) is 17.3 Å². The fraction of sp³-hybridized carbons (Fsp3) is 0.458. The van der Waals surface area contributed by atoms with Crippen LogP contribution in [0.25, 0.3) is 0 Å². The van der Waals surface area contributed by atoms with Crippen molar-refractivity contribution in [1.82, 2.24) is 0 Å². The predicted octanol–water partition coefficient (Wildman–Crippen LogP) is 15.7. The Labute approximate surface area is 381 Å². The van der Waals surface area contributed by atoms with Crippen LogP contribution in [0.15, 0.2) is 144 Å². The molecule has 2 aliphatic carbocycles. The molecule has 2 saturated carbocycles. The summed E-state index contributed by atoms with van der Waals surface area (Å²) in [4.78, 5) is 0. The van der Waals surface area contributed by atoms with E-state index in [1.807, 2.05) is 0 Å². The average molecular weight is 849 g/mol. The molecule has 0 heterocycles. The Hall–Kier alpha value is -4.96. The highest BCUT2D eigenvalue weighted by atomic mass is 16.5. The molecule has 4 aromatic carbocycles. The van der Waals surface area contributed by atoms with Gasteiger partial charge in [0.05, 0.1) is 0 Å². The van der Waals surface area contributed by atoms with Crippen molar-refractivity contribution >= 4 is 0 Å². The number of hydrogen-bond acceptors (Lipinski definition) is 4. The van der Waals surface area contributed by atoms with E-state index in [2.05, 4.69) is 191 Å². The largest absolute Gasteiger partial charge is 0.490 e. The van der Waals surface area contributed by atoms with Crippen molar-refractivity contribution in [3.63, 3.8) is 0 Å². The SMILES string of the molecule is CC(C)=CCOc1ccc(C2(c3ccc(OCC=C(C)C)cc3)CCC(C(C)(C)C3CCC(c4ccc(OCC=C(C)C)cc4)(c4ccc(OCC=C(C)C)cc4)CC3)CC2)cc1. The summed E-state index contributed by atoms with van der Waals surface area (Å²) in [5, 5.41) is 0. The summed E-state index contributed by atoms with van der Waals surface area (Å²) in [5.74, 6) is 4.98. The molecule has 0 radical (unpaired) electrons. The van der Waals surface area contributed by atoms with Crippen molar-refractivity contribution in [3.05, 3.63) is 166 Å². The molecule has 0 atom stereocenters. The van der Waals surface area contributed by atoms with E-state index in [-0.39, 0.29) is 16.2 Å². The minimum atomic E-state index is -0.0613. The lowest BCUT2D eigenvalue weighted by Gasteiger charge is -2.51. The van der Waals surface area contributed by atoms with Gasteiger partial charge in [-0.1, -0.05) is 84.7 Å². The summed E-state index contributed by atoms with van der Waals surface area (Å²) in [7, 11) is 0. The normalized spacial score (nSPS) is 16.3. The van der Waals surface area contributed by atoms with Crippen LogP contribution in [-0.2, 0) is 10.8 Å². The number of benzene rings is 4. The van der Waals surface area contributed by atoms with Gasteiger partial charge in [-0.3, -0.25) is 0 Å². The topological polar surface area (TPSA) is 36.9 Å². The van der Waals surface area contributed by atoms with E-state index in [0.29, 0.717) is 38.3 Å². The number of hydrogen-bond donors (Lipinski definition) is 0. The second-order valence-corrected chi connectivity index (χ2v) is 20.0. The monoisotopic (exact) mass is 849 g/mol. The molecule has 0 saturated heterocycles. The molecule has 0 N–H and O–H groups in total. The van der Waals surface area contributed by atoms with Gasteiger partial charge in [0, 0.05) is 10.8 Å². The summed E-state index contributed by atoms with van der Waals surface area (Å²) in [6.45, 7) is 24.5. The molecule has 4 heteroatoms. The quantitative estimate of drug-likeness (QED) is 0.0935. The Morgan fingerprint density at radius 2 is 0.603 bits per heavy atom. The Morgan fingerprint density at radius 1 is 0.397 bits per heavy atom. The maximum Gasteiger partial charge on any atom is 0.119 e. The van der Waals surface area contributed by atoms with Gasteiger partial charge in [-0.25, -0.2) is 0 Å². The molecule has 0 aliphatic heterocycles. The summed E-state index contributed by atoms with van der Waals surface area (Å²) >= 11 is 0. The van der Waals surface area contributed by atoms with Gasteiger partial charge in [0.2, 0.25) is 0 Å². The molecule has 0 amide bonds. The zero-order chi connectivity index (χ0) is 45.0. The standard InChI is InChI=1S/C59H76O4/c1-43(2)31-39-60-53-19-11-49(12-20-53)58(50-13-21-54(22-14-50)61-40-32-44(3)4)35-27-47(28-36-58)57(9,10)48-29-37-59(38-30-48,51-15-23-55(24-16-51)62-41-33-45(5)6)52-17-25-56(26-18-52)63-42-34-46(7)8/h11-26,31-34,47-48H,27-30,35-42H2,1-10H3. The van der Waals surface area contributed by atoms with Gasteiger partial charge >= 0.3 is 0 Å². The van der Waals surface area contributed by atoms with Gasteiger partial charge in [-0.05, 0) is 219 Å². The molecule has 2 aliphatic rings. The summed E-state index contributed by atoms with van der Waals surface area (Å²) in [6, 6.07) is 36.0. The highest BCUT2D eigenvalue weighted by molar-refractivity contribution is 5.46. The van der Waals surface area contributed by atoms with Crippen molar-refractivity contribution in [2.75, 3.05) is 26.4 Å². The van der Waals surface area contributed by atoms with Crippen LogP contribution in [0.3, 0.4) is 0 Å². The zero-order valence-electron chi connectivity index (χ0n) is 40.3. The molecule has 0 unspecified atom stereocenters. The summed E-state index contributed by atoms with van der Waals surface area (Å²) < 4.78 is 24.4. The van der Waals surface area contributed by atoms with Crippen LogP contribution >= 0.6 is 0 Å². The number of ether oxygens (including phenoxy) is 4. The Bertz CT molecular complexity index is 1860. The Kier molecular flexibility index (Phi) is 16.3. The van der Waals surface area contributed by atoms with Gasteiger partial charge in [0.15, 0.2) is 0 Å². The first-order valence-corrected chi connectivity index (χ1v) is 23.7. The fourth-order valence-corrected chi connectivity index (χ4v) is 10.2. The first-order chi connectivity index (χ1) is 30.2. The highest BCUT2D eigenvalue weighted by Gasteiger charge is 2.48. The van der Waals surface area contributed by atoms with Gasteiger partial charge in [0.1, 0.15) is 49.4 Å². The van der Waals surface area contributed by atoms with Crippen molar-refractivity contribution in [1.29, 1.82) is 0 Å². The van der Waals surface area contributed by atoms with E-state index in [1.54, 1.807) is 0 Å². The molecule has 0 aromatic heterocycles. The second kappa shape index (κ2) is 21.6. The van der Waals surface area contributed by atoms with Crippen LogP contribution in [0.5, 0.6) is 23.0 Å². The third kappa shape index (κ3) is 12.2. The van der Waals surface area contributed by atoms with Gasteiger partial charge in [-0.2, -0.15) is 0 Å². The van der Waals surface area contributed by atoms with Gasteiger partial charge in [-0.15, -0.1) is 0 Å². The highest BCUT2D eigenvalue weighted by Crippen LogP contribution is 2.57. The fourth-order valence-electron chi connectivity index (χ4n) is 10.2. The molecular weight excluding hydrogens is 773 g/mol. The lowest BCUT2D eigenvalue weighted by molar-refractivity contribution is 0.0364. The van der Waals surface area contributed by atoms with E-state index >= 15 is 0 Å². The van der Waals surface area contributed by atoms with Crippen molar-refractivity contribution in [2.45, 2.75) is 131 Å². The maximum absolute atomic E-state index is 6.11. The minimum absolute atomic E-state index is 0.0613. The van der Waals surface area contributed by atoms with E-state index < -0.39 is 0 Å². The van der Waals surface area contributed by atoms with E-state index in [0.717, 1.165) is 48.7 Å². The maximum atomic E-state index is 6.11. The van der Waals surface area contributed by atoms with E-state index in [1.165, 1.54) is 70.2 Å². The molecule has 4 nitrogen and oxygen atoms in total. The predicted molar refractivity (Wildman–Crippen MR) is 265 cm³/mol. The molecule has 0 spiro atoms. The summed E-state index contributed by atoms with van der Waals surface area (Å²) in [6.07, 6.45) is 17.8. The number of rotatable bonds is 18. The molecule has 336 valence electrons. The Balaban J connectivity index is 1.21. The number of allylic oxidation sites excluding steroid dienone is 4. The lowest BCUT2D eigenvalue weighted by Crippen LogP contribution is -2.43. The lowest BCUT2D eigenvalue weighted by atomic mass is 9.53. The van der Waals surface area contributed by atoms with Crippen LogP contribution in [0, 0.1) is 17.3 Å². The molecule has 63 heavy (non-hydrogen) atoms. The third-order valence-electron chi connectivity index (χ3n) is 14.4. The second-order valence-electron chi connectivity index (χ2n) is 20.0. The third-order valence-corrected chi connectivity index (χ3v) is 14.4. The van der Waals surface area contributed by atoms with E-state index in [4.69, 9.17) is 18.9 Å². The van der Waals surface area contributed by atoms with Crippen LogP contribution in [-0.4, -0.2) is 26.4 Å². The molecular formula is C59H76O4. The molecule has 2 fully saturated rings. The first kappa shape index (κ1) is 47.5. The first-order valence-electron chi connectivity index (χ1n) is 23.7. The van der Waals surface area contributed by atoms with Crippen LogP contribution in [0.2, 0.25) is 0 Å². The smallest absolute Gasteiger partial charge is 0.119 e. The molecule has 0 bridgehead atoms. The molecule has 4 aromatic rings. The van der Waals surface area contributed by atoms with Crippen molar-refractivity contribution < 1.29 is 18.9 Å². The van der Waals surface area contributed by atoms with Gasteiger partial charge < -0.3 is 18.9 Å². The zero-order valence-corrected chi connectivity index (χ0v) is 40.3. The average Bonchev–Trinajstić information content (AvgIpc) is 3.27. The Morgan fingerprint density at radius 3 is 0.794 bits per heavy atom. The van der Waals surface area contributed by atoms with Crippen molar-refractivity contribution in [3.8, 4) is 23.0 Å². The van der Waals surface area contributed by atoms with Crippen LogP contribution < -0.4 is 18.9 Å². The van der Waals surface area contributed by atoms with E-state index in [9.17, 15) is 0 Å². The molecule has 6 rings (SSSR count). The van der Waals surface area contributed by atoms with Gasteiger partial charge in [0.25, 0.3) is 0 Å². The van der Waals surface area contributed by atoms with Crippen LogP contribution in [0.4, 0.5) is 0 Å².